The van der Waals surface area contributed by atoms with Crippen LogP contribution in [-0.4, -0.2) is 58.0 Å². The number of thiazole rings is 1. The zero-order valence-electron chi connectivity index (χ0n) is 19.2. The minimum Gasteiger partial charge on any atom is -0.496 e. The van der Waals surface area contributed by atoms with Crippen molar-refractivity contribution in [1.29, 1.82) is 0 Å². The Kier molecular flexibility index (Phi) is 7.09. The van der Waals surface area contributed by atoms with Gasteiger partial charge in [0.25, 0.3) is 0 Å². The van der Waals surface area contributed by atoms with Crippen LogP contribution in [0, 0.1) is 0 Å². The molecule has 0 aliphatic carbocycles. The number of ether oxygens (including phenoxy) is 1. The zero-order chi connectivity index (χ0) is 23.2. The maximum atomic E-state index is 5.50. The molecule has 0 unspecified atom stereocenters. The number of aromatic nitrogens is 3. The Morgan fingerprint density at radius 1 is 0.882 bits per heavy atom. The SMILES string of the molecule is COc1ccccc1CN1CCN(Cc2ccc(Nc3cccc(-c4nccs4)n3)nc2)CC1. The number of hydrogen-bond acceptors (Lipinski definition) is 8. The zero-order valence-corrected chi connectivity index (χ0v) is 20.0. The molecular weight excluding hydrogens is 444 g/mol. The van der Waals surface area contributed by atoms with E-state index in [1.165, 1.54) is 11.1 Å². The smallest absolute Gasteiger partial charge is 0.141 e. The second-order valence-electron chi connectivity index (χ2n) is 8.29. The molecule has 0 bridgehead atoms. The molecule has 174 valence electrons. The number of piperazine rings is 1. The fraction of sp³-hybridized carbons (Fsp3) is 0.269. The lowest BCUT2D eigenvalue weighted by Crippen LogP contribution is -2.45. The second kappa shape index (κ2) is 10.7. The number of rotatable bonds is 8. The molecule has 1 saturated heterocycles. The van der Waals surface area contributed by atoms with Gasteiger partial charge in [0.05, 0.1) is 7.11 Å². The molecule has 1 aliphatic heterocycles. The normalized spacial score (nSPS) is 14.7. The van der Waals surface area contributed by atoms with Crippen molar-refractivity contribution in [2.45, 2.75) is 13.1 Å². The Morgan fingerprint density at radius 2 is 1.71 bits per heavy atom. The summed E-state index contributed by atoms with van der Waals surface area (Å²) in [6, 6.07) is 18.3. The summed E-state index contributed by atoms with van der Waals surface area (Å²) >= 11 is 1.58. The van der Waals surface area contributed by atoms with Crippen LogP contribution in [-0.2, 0) is 13.1 Å². The summed E-state index contributed by atoms with van der Waals surface area (Å²) < 4.78 is 5.50. The first-order valence-electron chi connectivity index (χ1n) is 11.4. The molecule has 8 heteroatoms. The number of pyridine rings is 2. The van der Waals surface area contributed by atoms with Gasteiger partial charge < -0.3 is 10.1 Å². The molecule has 0 spiro atoms. The first-order valence-corrected chi connectivity index (χ1v) is 12.3. The molecule has 0 atom stereocenters. The number of anilines is 2. The topological polar surface area (TPSA) is 66.4 Å². The summed E-state index contributed by atoms with van der Waals surface area (Å²) in [4.78, 5) is 18.6. The predicted molar refractivity (Wildman–Crippen MR) is 136 cm³/mol. The lowest BCUT2D eigenvalue weighted by molar-refractivity contribution is 0.121. The summed E-state index contributed by atoms with van der Waals surface area (Å²) in [6.45, 7) is 6.02. The number of nitrogens with zero attached hydrogens (tertiary/aromatic N) is 5. The van der Waals surface area contributed by atoms with Crippen LogP contribution in [0.15, 0.2) is 72.4 Å². The van der Waals surface area contributed by atoms with Crippen molar-refractivity contribution in [3.8, 4) is 16.5 Å². The van der Waals surface area contributed by atoms with Gasteiger partial charge in [-0.15, -0.1) is 11.3 Å². The van der Waals surface area contributed by atoms with Gasteiger partial charge in [0.2, 0.25) is 0 Å². The van der Waals surface area contributed by atoms with E-state index in [-0.39, 0.29) is 0 Å². The molecule has 1 fully saturated rings. The Labute approximate surface area is 204 Å². The first-order chi connectivity index (χ1) is 16.8. The Hall–Kier alpha value is -3.33. The molecule has 0 amide bonds. The highest BCUT2D eigenvalue weighted by atomic mass is 32.1. The van der Waals surface area contributed by atoms with E-state index in [1.807, 2.05) is 48.0 Å². The van der Waals surface area contributed by atoms with E-state index in [4.69, 9.17) is 4.74 Å². The lowest BCUT2D eigenvalue weighted by Gasteiger charge is -2.34. The van der Waals surface area contributed by atoms with Crippen LogP contribution in [0.5, 0.6) is 5.75 Å². The van der Waals surface area contributed by atoms with Gasteiger partial charge in [-0.25, -0.2) is 15.0 Å². The van der Waals surface area contributed by atoms with Gasteiger partial charge in [-0.3, -0.25) is 9.80 Å². The third-order valence-electron chi connectivity index (χ3n) is 5.94. The summed E-state index contributed by atoms with van der Waals surface area (Å²) in [7, 11) is 1.74. The average molecular weight is 473 g/mol. The molecular formula is C26H28N6OS. The highest BCUT2D eigenvalue weighted by Gasteiger charge is 2.18. The van der Waals surface area contributed by atoms with E-state index in [1.54, 1.807) is 24.6 Å². The van der Waals surface area contributed by atoms with Crippen molar-refractivity contribution < 1.29 is 4.74 Å². The summed E-state index contributed by atoms with van der Waals surface area (Å²) in [5.41, 5.74) is 3.33. The standard InChI is InChI=1S/C26H28N6OS/c1-33-23-7-3-2-5-21(23)19-32-14-12-31(13-15-32)18-20-9-10-24(28-17-20)30-25-8-4-6-22(29-25)26-27-11-16-34-26/h2-11,16-17H,12-15,18-19H2,1H3,(H,28,29,30). The van der Waals surface area contributed by atoms with Crippen LogP contribution in [0.3, 0.4) is 0 Å². The Morgan fingerprint density at radius 3 is 2.44 bits per heavy atom. The maximum Gasteiger partial charge on any atom is 0.141 e. The maximum absolute atomic E-state index is 5.50. The highest BCUT2D eigenvalue weighted by molar-refractivity contribution is 7.13. The quantitative estimate of drug-likeness (QED) is 0.400. The van der Waals surface area contributed by atoms with Gasteiger partial charge in [-0.05, 0) is 29.8 Å². The summed E-state index contributed by atoms with van der Waals surface area (Å²) in [6.07, 6.45) is 3.75. The van der Waals surface area contributed by atoms with Crippen molar-refractivity contribution in [1.82, 2.24) is 24.8 Å². The molecule has 4 aromatic rings. The van der Waals surface area contributed by atoms with E-state index in [9.17, 15) is 0 Å². The van der Waals surface area contributed by atoms with Crippen molar-refractivity contribution >= 4 is 23.0 Å². The number of hydrogen-bond donors (Lipinski definition) is 1. The molecule has 1 N–H and O–H groups in total. The minimum atomic E-state index is 0.763. The van der Waals surface area contributed by atoms with E-state index in [2.05, 4.69) is 48.3 Å². The predicted octanol–water partition coefficient (Wildman–Crippen LogP) is 4.67. The van der Waals surface area contributed by atoms with Crippen molar-refractivity contribution in [2.24, 2.45) is 0 Å². The summed E-state index contributed by atoms with van der Waals surface area (Å²) in [5, 5.41) is 6.17. The monoisotopic (exact) mass is 472 g/mol. The second-order valence-corrected chi connectivity index (χ2v) is 9.18. The van der Waals surface area contributed by atoms with E-state index < -0.39 is 0 Å². The van der Waals surface area contributed by atoms with Crippen molar-refractivity contribution in [2.75, 3.05) is 38.6 Å². The van der Waals surface area contributed by atoms with Gasteiger partial charge in [0, 0.05) is 62.6 Å². The number of nitrogens with one attached hydrogen (secondary N) is 1. The molecule has 0 saturated carbocycles. The summed E-state index contributed by atoms with van der Waals surface area (Å²) in [5.74, 6) is 2.52. The van der Waals surface area contributed by atoms with E-state index >= 15 is 0 Å². The van der Waals surface area contributed by atoms with Crippen LogP contribution in [0.2, 0.25) is 0 Å². The fourth-order valence-corrected chi connectivity index (χ4v) is 4.74. The molecule has 0 radical (unpaired) electrons. The van der Waals surface area contributed by atoms with Gasteiger partial charge >= 0.3 is 0 Å². The van der Waals surface area contributed by atoms with Crippen LogP contribution >= 0.6 is 11.3 Å². The molecule has 3 aromatic heterocycles. The average Bonchev–Trinajstić information content (AvgIpc) is 3.42. The third kappa shape index (κ3) is 5.59. The van der Waals surface area contributed by atoms with E-state index in [0.717, 1.165) is 67.4 Å². The molecule has 7 nitrogen and oxygen atoms in total. The van der Waals surface area contributed by atoms with E-state index in [0.29, 0.717) is 0 Å². The fourth-order valence-electron chi connectivity index (χ4n) is 4.13. The van der Waals surface area contributed by atoms with Gasteiger partial charge in [-0.2, -0.15) is 0 Å². The molecule has 1 aromatic carbocycles. The van der Waals surface area contributed by atoms with Crippen molar-refractivity contribution in [3.05, 3.63) is 83.5 Å². The number of benzene rings is 1. The van der Waals surface area contributed by atoms with Crippen LogP contribution in [0.25, 0.3) is 10.7 Å². The van der Waals surface area contributed by atoms with Crippen LogP contribution in [0.4, 0.5) is 11.6 Å². The Balaban J connectivity index is 1.12. The number of para-hydroxylation sites is 1. The molecule has 34 heavy (non-hydrogen) atoms. The number of methoxy groups -OCH3 is 1. The largest absolute Gasteiger partial charge is 0.496 e. The molecule has 5 rings (SSSR count). The van der Waals surface area contributed by atoms with Gasteiger partial charge in [-0.1, -0.05) is 30.3 Å². The van der Waals surface area contributed by atoms with Gasteiger partial charge in [0.1, 0.15) is 28.1 Å². The Bertz CT molecular complexity index is 1190. The van der Waals surface area contributed by atoms with Gasteiger partial charge in [0.15, 0.2) is 0 Å². The highest BCUT2D eigenvalue weighted by Crippen LogP contribution is 2.23. The van der Waals surface area contributed by atoms with Crippen LogP contribution < -0.4 is 10.1 Å². The molecule has 1 aliphatic rings. The first kappa shape index (κ1) is 22.5. The lowest BCUT2D eigenvalue weighted by atomic mass is 10.1. The van der Waals surface area contributed by atoms with Crippen LogP contribution in [0.1, 0.15) is 11.1 Å². The minimum absolute atomic E-state index is 0.763. The van der Waals surface area contributed by atoms with Crippen molar-refractivity contribution in [3.63, 3.8) is 0 Å². The molecule has 4 heterocycles. The third-order valence-corrected chi connectivity index (χ3v) is 6.73.